The summed E-state index contributed by atoms with van der Waals surface area (Å²) in [6.45, 7) is 11.1. The molecule has 0 bridgehead atoms. The van der Waals surface area contributed by atoms with Gasteiger partial charge in [-0.1, -0.05) is 169 Å². The van der Waals surface area contributed by atoms with E-state index in [-0.39, 0.29) is 121 Å². The Labute approximate surface area is 459 Å². The number of nitrogens with zero attached hydrogens (tertiary/aromatic N) is 2. The number of likely N-dealkylation sites (tertiary alicyclic amines) is 1. The number of ether oxygens (including phenoxy) is 6. The monoisotopic (exact) mass is 1070 g/mol. The van der Waals surface area contributed by atoms with Crippen molar-refractivity contribution < 1.29 is 62.0 Å². The highest BCUT2D eigenvalue weighted by molar-refractivity contribution is 5.79. The number of hydrogen-bond donors (Lipinski definition) is 0. The summed E-state index contributed by atoms with van der Waals surface area (Å²) in [7, 11) is 0. The Morgan fingerprint density at radius 1 is 0.447 bits per heavy atom. The van der Waals surface area contributed by atoms with E-state index in [0.29, 0.717) is 19.4 Å². The maximum atomic E-state index is 14.0. The minimum Gasteiger partial charge on any atom is -0.465 e. The molecule has 0 aromatic heterocycles. The number of piperidine rings is 1. The fraction of sp³-hybridized carbons (Fsp3) is 0.852. The molecule has 0 aromatic rings. The Kier molecular flexibility index (Phi) is 41.2. The molecule has 1 saturated heterocycles. The maximum absolute atomic E-state index is 14.0. The third-order valence-corrected chi connectivity index (χ3v) is 14.4. The van der Waals surface area contributed by atoms with Gasteiger partial charge in [0.15, 0.2) is 0 Å². The maximum Gasteiger partial charge on any atom is 0.409 e. The molecule has 0 spiro atoms. The van der Waals surface area contributed by atoms with Crippen molar-refractivity contribution in [1.29, 1.82) is 0 Å². The quantitative estimate of drug-likeness (QED) is 0.0243. The third-order valence-electron chi connectivity index (χ3n) is 14.4. The number of Topliss-reactive ketones (excluding diaryl/α,β-unsaturated/α-hetero) is 1. The molecule has 438 valence electrons. The zero-order chi connectivity index (χ0) is 55.3. The fourth-order valence-electron chi connectivity index (χ4n) is 9.69. The highest BCUT2D eigenvalue weighted by atomic mass is 16.6. The summed E-state index contributed by atoms with van der Waals surface area (Å²) in [5.41, 5.74) is 0. The van der Waals surface area contributed by atoms with Gasteiger partial charge in [-0.25, -0.2) is 4.79 Å². The average molecular weight is 1080 g/mol. The summed E-state index contributed by atoms with van der Waals surface area (Å²) >= 11 is 0. The van der Waals surface area contributed by atoms with Gasteiger partial charge in [-0.15, -0.1) is 0 Å². The van der Waals surface area contributed by atoms with Crippen LogP contribution in [0.2, 0.25) is 0 Å². The number of esters is 5. The number of unbranched alkanes of at least 4 members (excludes halogenated alkanes) is 20. The second-order valence-corrected chi connectivity index (χ2v) is 21.8. The molecule has 2 heterocycles. The minimum atomic E-state index is -0.890. The highest BCUT2D eigenvalue weighted by Gasteiger charge is 2.30. The van der Waals surface area contributed by atoms with Crippen LogP contribution in [0.5, 0.6) is 0 Å². The predicted molar refractivity (Wildman–Crippen MR) is 297 cm³/mol. The lowest BCUT2D eigenvalue weighted by atomic mass is 9.95. The van der Waals surface area contributed by atoms with E-state index in [9.17, 15) is 33.6 Å². The number of amides is 1. The van der Waals surface area contributed by atoms with Gasteiger partial charge in [0.25, 0.3) is 0 Å². The second kappa shape index (κ2) is 46.0. The first-order valence-electron chi connectivity index (χ1n) is 30.6. The van der Waals surface area contributed by atoms with Crippen LogP contribution in [0.4, 0.5) is 4.79 Å². The van der Waals surface area contributed by atoms with E-state index < -0.39 is 35.9 Å². The van der Waals surface area contributed by atoms with E-state index in [1.54, 1.807) is 12.2 Å². The molecule has 0 saturated carbocycles. The van der Waals surface area contributed by atoms with Crippen LogP contribution >= 0.6 is 0 Å². The summed E-state index contributed by atoms with van der Waals surface area (Å²) in [5.74, 6) is -3.86. The van der Waals surface area contributed by atoms with Crippen LogP contribution in [0.1, 0.15) is 246 Å². The van der Waals surface area contributed by atoms with E-state index in [1.165, 1.54) is 37.0 Å². The standard InChI is InChI=1S/C61H106N2O13/c1-5-9-13-17-21-26-32-56(65)72-47-52(48-73-57(66)33-27-22-18-14-10-6-2)43-54(64)42-51-36-37-55(46-63(45-51)61(70)71-41-40-62-38-30-25-31-39-62)76-60(69)44-53(49-74-58(67)34-28-23-19-15-11-7-3)50-75-59(68)35-29-24-20-16-12-8-4/h36-37,51-53,55H,5-35,38-50H2,1-4H3/t51-,55+/m1/s1. The topological polar surface area (TPSA) is 181 Å². The van der Waals surface area contributed by atoms with E-state index >= 15 is 0 Å². The van der Waals surface area contributed by atoms with E-state index in [0.717, 1.165) is 142 Å². The Hall–Kier alpha value is -4.01. The number of ketones is 1. The lowest BCUT2D eigenvalue weighted by molar-refractivity contribution is -0.156. The molecule has 0 unspecified atom stereocenters. The van der Waals surface area contributed by atoms with E-state index in [2.05, 4.69) is 32.6 Å². The zero-order valence-electron chi connectivity index (χ0n) is 48.3. The van der Waals surface area contributed by atoms with Gasteiger partial charge < -0.3 is 33.3 Å². The van der Waals surface area contributed by atoms with Gasteiger partial charge in [-0.2, -0.15) is 0 Å². The Morgan fingerprint density at radius 3 is 1.26 bits per heavy atom. The van der Waals surface area contributed by atoms with Crippen molar-refractivity contribution in [2.45, 2.75) is 252 Å². The number of hydrogen-bond acceptors (Lipinski definition) is 14. The van der Waals surface area contributed by atoms with Crippen LogP contribution in [0.25, 0.3) is 0 Å². The Morgan fingerprint density at radius 2 is 0.842 bits per heavy atom. The van der Waals surface area contributed by atoms with Crippen LogP contribution in [0.3, 0.4) is 0 Å². The molecule has 2 rings (SSSR count). The lowest BCUT2D eigenvalue weighted by Crippen LogP contribution is -2.41. The number of carbonyl (C=O) groups is 7. The first kappa shape index (κ1) is 68.1. The van der Waals surface area contributed by atoms with Crippen LogP contribution in [0.15, 0.2) is 12.2 Å². The molecule has 1 fully saturated rings. The van der Waals surface area contributed by atoms with Crippen LogP contribution in [-0.2, 0) is 57.2 Å². The first-order valence-corrected chi connectivity index (χ1v) is 30.6. The van der Waals surface area contributed by atoms with Gasteiger partial charge in [0.05, 0.1) is 39.4 Å². The normalized spacial score (nSPS) is 15.8. The SMILES string of the molecule is CCCCCCCCC(=O)OCC(COC(=O)CCCCCCCC)CC(=O)C[C@H]1C=C[C@H](OC(=O)CC(COC(=O)CCCCCCCC)COC(=O)CCCCCCCC)CN(C(=O)OCCN2CCCCC2)C1. The zero-order valence-corrected chi connectivity index (χ0v) is 48.3. The summed E-state index contributed by atoms with van der Waals surface area (Å²) in [6, 6.07) is 0. The van der Waals surface area contributed by atoms with Gasteiger partial charge >= 0.3 is 35.9 Å². The van der Waals surface area contributed by atoms with Gasteiger partial charge in [-0.05, 0) is 57.7 Å². The highest BCUT2D eigenvalue weighted by Crippen LogP contribution is 2.22. The molecule has 2 aliphatic rings. The fourth-order valence-corrected chi connectivity index (χ4v) is 9.69. The number of carbonyl (C=O) groups excluding carboxylic acids is 7. The van der Waals surface area contributed by atoms with Crippen LogP contribution < -0.4 is 0 Å². The molecule has 15 nitrogen and oxygen atoms in total. The molecule has 0 N–H and O–H groups in total. The van der Waals surface area contributed by atoms with Crippen molar-refractivity contribution in [3.05, 3.63) is 12.2 Å². The van der Waals surface area contributed by atoms with Crippen molar-refractivity contribution in [3.8, 4) is 0 Å². The minimum absolute atomic E-state index is 0.00785. The third kappa shape index (κ3) is 36.9. The van der Waals surface area contributed by atoms with E-state index in [4.69, 9.17) is 28.4 Å². The summed E-state index contributed by atoms with van der Waals surface area (Å²) in [5, 5.41) is 0. The molecule has 76 heavy (non-hydrogen) atoms. The van der Waals surface area contributed by atoms with Crippen LogP contribution in [-0.4, -0.2) is 123 Å². The van der Waals surface area contributed by atoms with Gasteiger partial charge in [-0.3, -0.25) is 33.7 Å². The molecular weight excluding hydrogens is 969 g/mol. The molecule has 2 atom stereocenters. The molecule has 1 amide bonds. The van der Waals surface area contributed by atoms with Crippen molar-refractivity contribution in [2.75, 3.05) is 65.8 Å². The molecule has 0 radical (unpaired) electrons. The Bertz CT molecular complexity index is 1440. The predicted octanol–water partition coefficient (Wildman–Crippen LogP) is 13.2. The molecule has 0 aliphatic carbocycles. The molecular formula is C61H106N2O13. The molecule has 0 aromatic carbocycles. The second-order valence-electron chi connectivity index (χ2n) is 21.8. The summed E-state index contributed by atoms with van der Waals surface area (Å²) in [4.78, 5) is 96.4. The number of rotatable bonds is 46. The van der Waals surface area contributed by atoms with Gasteiger partial charge in [0.1, 0.15) is 18.5 Å². The Balaban J connectivity index is 2.19. The van der Waals surface area contributed by atoms with Crippen molar-refractivity contribution in [2.24, 2.45) is 17.8 Å². The lowest BCUT2D eigenvalue weighted by Gasteiger charge is -2.28. The molecule has 2 aliphatic heterocycles. The van der Waals surface area contributed by atoms with E-state index in [1.807, 2.05) is 0 Å². The smallest absolute Gasteiger partial charge is 0.409 e. The van der Waals surface area contributed by atoms with Crippen molar-refractivity contribution in [3.63, 3.8) is 0 Å². The largest absolute Gasteiger partial charge is 0.465 e. The van der Waals surface area contributed by atoms with Gasteiger partial charge in [0.2, 0.25) is 0 Å². The first-order chi connectivity index (χ1) is 37.0. The average Bonchev–Trinajstić information content (AvgIpc) is 3.61. The summed E-state index contributed by atoms with van der Waals surface area (Å²) in [6.07, 6.45) is 31.0. The van der Waals surface area contributed by atoms with Gasteiger partial charge in [0, 0.05) is 69.4 Å². The molecule has 15 heteroatoms. The van der Waals surface area contributed by atoms with Crippen LogP contribution in [0, 0.1) is 17.8 Å². The summed E-state index contributed by atoms with van der Waals surface area (Å²) < 4.78 is 34.4. The van der Waals surface area contributed by atoms with Crippen molar-refractivity contribution in [1.82, 2.24) is 9.80 Å². The van der Waals surface area contributed by atoms with Crippen molar-refractivity contribution >= 4 is 41.7 Å².